The van der Waals surface area contributed by atoms with E-state index in [1.807, 2.05) is 13.8 Å². The first-order valence-electron chi connectivity index (χ1n) is 10.3. The summed E-state index contributed by atoms with van der Waals surface area (Å²) in [6.07, 6.45) is 2.61. The minimum absolute atomic E-state index is 0. The monoisotopic (exact) mass is 521 g/mol. The van der Waals surface area contributed by atoms with Gasteiger partial charge in [-0.1, -0.05) is 13.8 Å². The van der Waals surface area contributed by atoms with Crippen LogP contribution in [0.5, 0.6) is 0 Å². The number of aliphatic imine (C=N–C) groups is 1. The van der Waals surface area contributed by atoms with E-state index in [0.29, 0.717) is 12.6 Å². The first-order chi connectivity index (χ1) is 13.1. The van der Waals surface area contributed by atoms with Crippen LogP contribution >= 0.6 is 24.0 Å². The zero-order valence-corrected chi connectivity index (χ0v) is 20.8. The molecular formula is C20H36IN5O3. The number of guanidine groups is 1. The van der Waals surface area contributed by atoms with Crippen molar-refractivity contribution < 1.29 is 14.3 Å². The highest BCUT2D eigenvalue weighted by atomic mass is 127. The van der Waals surface area contributed by atoms with Gasteiger partial charge in [-0.15, -0.1) is 24.0 Å². The van der Waals surface area contributed by atoms with Crippen LogP contribution in [-0.2, 0) is 9.53 Å². The SMILES string of the molecule is CCN=C(NC1CC(C)(OC)C1(C)C)N1CCC(C2(C)NC(=O)NC2=O)CC1.I. The Hall–Kier alpha value is -1.10. The summed E-state index contributed by atoms with van der Waals surface area (Å²) >= 11 is 0. The van der Waals surface area contributed by atoms with Crippen LogP contribution in [0.1, 0.15) is 53.9 Å². The zero-order valence-electron chi connectivity index (χ0n) is 18.4. The van der Waals surface area contributed by atoms with Crippen LogP contribution in [0, 0.1) is 11.3 Å². The number of nitrogens with one attached hydrogen (secondary N) is 3. The minimum atomic E-state index is -0.811. The summed E-state index contributed by atoms with van der Waals surface area (Å²) < 4.78 is 5.74. The van der Waals surface area contributed by atoms with Gasteiger partial charge in [-0.3, -0.25) is 15.1 Å². The van der Waals surface area contributed by atoms with Gasteiger partial charge in [-0.2, -0.15) is 0 Å². The Labute approximate surface area is 191 Å². The lowest BCUT2D eigenvalue weighted by atomic mass is 9.56. The van der Waals surface area contributed by atoms with Gasteiger partial charge < -0.3 is 20.3 Å². The van der Waals surface area contributed by atoms with E-state index in [9.17, 15) is 9.59 Å². The molecule has 3 fully saturated rings. The van der Waals surface area contributed by atoms with Crippen LogP contribution in [-0.4, -0.2) is 66.7 Å². The number of piperidine rings is 1. The van der Waals surface area contributed by atoms with Crippen LogP contribution in [0.3, 0.4) is 0 Å². The van der Waals surface area contributed by atoms with E-state index in [4.69, 9.17) is 9.73 Å². The van der Waals surface area contributed by atoms with Crippen molar-refractivity contribution in [3.63, 3.8) is 0 Å². The molecule has 2 aliphatic heterocycles. The number of hydrogen-bond acceptors (Lipinski definition) is 4. The fraction of sp³-hybridized carbons (Fsp3) is 0.850. The van der Waals surface area contributed by atoms with E-state index in [2.05, 4.69) is 41.6 Å². The normalized spacial score (nSPS) is 34.8. The number of urea groups is 1. The van der Waals surface area contributed by atoms with Crippen molar-refractivity contribution in [1.29, 1.82) is 0 Å². The quantitative estimate of drug-likeness (QED) is 0.228. The van der Waals surface area contributed by atoms with E-state index in [1.54, 1.807) is 7.11 Å². The molecule has 2 saturated heterocycles. The molecule has 0 radical (unpaired) electrons. The van der Waals surface area contributed by atoms with Crippen LogP contribution < -0.4 is 16.0 Å². The lowest BCUT2D eigenvalue weighted by molar-refractivity contribution is -0.177. The van der Waals surface area contributed by atoms with Crippen LogP contribution in [0.4, 0.5) is 4.79 Å². The molecule has 29 heavy (non-hydrogen) atoms. The zero-order chi connectivity index (χ0) is 20.7. The van der Waals surface area contributed by atoms with Crippen LogP contribution in [0.15, 0.2) is 4.99 Å². The van der Waals surface area contributed by atoms with Gasteiger partial charge in [-0.05, 0) is 46.0 Å². The molecule has 3 atom stereocenters. The first kappa shape index (κ1) is 24.2. The average molecular weight is 521 g/mol. The van der Waals surface area contributed by atoms with Crippen molar-refractivity contribution in [2.45, 2.75) is 71.1 Å². The lowest BCUT2D eigenvalue weighted by Crippen LogP contribution is -2.70. The van der Waals surface area contributed by atoms with Crippen molar-refractivity contribution in [3.8, 4) is 0 Å². The number of ether oxygens (including phenoxy) is 1. The lowest BCUT2D eigenvalue weighted by Gasteiger charge is -2.59. The highest BCUT2D eigenvalue weighted by Crippen LogP contribution is 2.51. The summed E-state index contributed by atoms with van der Waals surface area (Å²) in [7, 11) is 1.78. The van der Waals surface area contributed by atoms with Gasteiger partial charge >= 0.3 is 6.03 Å². The van der Waals surface area contributed by atoms with Crippen LogP contribution in [0.2, 0.25) is 0 Å². The predicted molar refractivity (Wildman–Crippen MR) is 124 cm³/mol. The Morgan fingerprint density at radius 2 is 1.86 bits per heavy atom. The Bertz CT molecular complexity index is 677. The molecule has 0 spiro atoms. The van der Waals surface area contributed by atoms with Gasteiger partial charge in [0.25, 0.3) is 5.91 Å². The second kappa shape index (κ2) is 8.56. The summed E-state index contributed by atoms with van der Waals surface area (Å²) in [5, 5.41) is 8.85. The molecule has 9 heteroatoms. The third kappa shape index (κ3) is 4.08. The molecule has 3 rings (SSSR count). The highest BCUT2D eigenvalue weighted by Gasteiger charge is 2.58. The maximum atomic E-state index is 12.2. The summed E-state index contributed by atoms with van der Waals surface area (Å²) in [5.41, 5.74) is -0.930. The third-order valence-corrected chi connectivity index (χ3v) is 7.57. The molecule has 3 N–H and O–H groups in total. The largest absolute Gasteiger partial charge is 0.378 e. The molecule has 8 nitrogen and oxygen atoms in total. The standard InChI is InChI=1S/C20H35N5O3.HI/c1-7-21-16(22-14-12-19(4,28-6)18(14,2)3)25-10-8-13(9-11-25)20(5)15(26)23-17(27)24-20;/h13-14H,7-12H2,1-6H3,(H,21,22)(H2,23,24,26,27);1H. The van der Waals surface area contributed by atoms with Gasteiger partial charge in [0.1, 0.15) is 5.54 Å². The fourth-order valence-electron chi connectivity index (χ4n) is 4.78. The summed E-state index contributed by atoms with van der Waals surface area (Å²) in [6.45, 7) is 12.8. The number of rotatable bonds is 4. The molecule has 0 bridgehead atoms. The number of nitrogens with zero attached hydrogens (tertiary/aromatic N) is 2. The molecule has 1 saturated carbocycles. The number of carbonyl (C=O) groups is 2. The Morgan fingerprint density at radius 3 is 2.31 bits per heavy atom. The van der Waals surface area contributed by atoms with Crippen molar-refractivity contribution in [2.75, 3.05) is 26.7 Å². The van der Waals surface area contributed by atoms with Crippen LogP contribution in [0.25, 0.3) is 0 Å². The van der Waals surface area contributed by atoms with Gasteiger partial charge in [-0.25, -0.2) is 4.79 Å². The van der Waals surface area contributed by atoms with Gasteiger partial charge in [0.05, 0.1) is 5.60 Å². The summed E-state index contributed by atoms with van der Waals surface area (Å²) in [6, 6.07) is -0.0869. The molecule has 1 aliphatic carbocycles. The Kier molecular flexibility index (Phi) is 7.14. The second-order valence-electron chi connectivity index (χ2n) is 9.23. The van der Waals surface area contributed by atoms with Gasteiger partial charge in [0.2, 0.25) is 0 Å². The number of imide groups is 1. The highest BCUT2D eigenvalue weighted by molar-refractivity contribution is 14.0. The van der Waals surface area contributed by atoms with E-state index in [1.165, 1.54) is 0 Å². The average Bonchev–Trinajstić information content (AvgIpc) is 2.93. The minimum Gasteiger partial charge on any atom is -0.378 e. The van der Waals surface area contributed by atoms with E-state index < -0.39 is 11.6 Å². The topological polar surface area (TPSA) is 95.1 Å². The first-order valence-corrected chi connectivity index (χ1v) is 10.3. The maximum Gasteiger partial charge on any atom is 0.322 e. The summed E-state index contributed by atoms with van der Waals surface area (Å²) in [5.74, 6) is 0.837. The number of halogens is 1. The Morgan fingerprint density at radius 1 is 1.24 bits per heavy atom. The maximum absolute atomic E-state index is 12.2. The molecule has 3 amide bonds. The van der Waals surface area contributed by atoms with Gasteiger partial charge in [0.15, 0.2) is 5.96 Å². The van der Waals surface area contributed by atoms with E-state index in [-0.39, 0.29) is 46.8 Å². The second-order valence-corrected chi connectivity index (χ2v) is 9.23. The number of methoxy groups -OCH3 is 1. The number of hydrogen-bond donors (Lipinski definition) is 3. The number of likely N-dealkylation sites (tertiary alicyclic amines) is 1. The third-order valence-electron chi connectivity index (χ3n) is 7.57. The molecule has 0 aromatic carbocycles. The van der Waals surface area contributed by atoms with Crippen molar-refractivity contribution in [2.24, 2.45) is 16.3 Å². The van der Waals surface area contributed by atoms with Crippen molar-refractivity contribution in [3.05, 3.63) is 0 Å². The molecular weight excluding hydrogens is 485 g/mol. The van der Waals surface area contributed by atoms with E-state index in [0.717, 1.165) is 38.3 Å². The summed E-state index contributed by atoms with van der Waals surface area (Å²) in [4.78, 5) is 30.8. The smallest absolute Gasteiger partial charge is 0.322 e. The van der Waals surface area contributed by atoms with Gasteiger partial charge in [0, 0.05) is 38.2 Å². The molecule has 2 heterocycles. The molecule has 0 aromatic rings. The van der Waals surface area contributed by atoms with E-state index >= 15 is 0 Å². The fourth-order valence-corrected chi connectivity index (χ4v) is 4.78. The molecule has 3 unspecified atom stereocenters. The molecule has 3 aliphatic rings. The Balaban J connectivity index is 0.00000300. The van der Waals surface area contributed by atoms with Crippen molar-refractivity contribution in [1.82, 2.24) is 20.9 Å². The molecule has 0 aromatic heterocycles. The van der Waals surface area contributed by atoms with Crippen molar-refractivity contribution >= 4 is 41.9 Å². The number of carbonyl (C=O) groups excluding carboxylic acids is 2. The number of amides is 3. The predicted octanol–water partition coefficient (Wildman–Crippen LogP) is 2.08. The molecule has 166 valence electrons.